The average Bonchev–Trinajstić information content (AvgIpc) is 2.55. The van der Waals surface area contributed by atoms with Crippen molar-refractivity contribution in [1.29, 1.82) is 0 Å². The summed E-state index contributed by atoms with van der Waals surface area (Å²) < 4.78 is 5.27. The van der Waals surface area contributed by atoms with Gasteiger partial charge in [-0.15, -0.1) is 11.3 Å². The van der Waals surface area contributed by atoms with Crippen LogP contribution in [0.3, 0.4) is 0 Å². The van der Waals surface area contributed by atoms with Crippen LogP contribution in [0.2, 0.25) is 0 Å². The summed E-state index contributed by atoms with van der Waals surface area (Å²) in [5, 5.41) is 9.69. The van der Waals surface area contributed by atoms with Crippen LogP contribution in [-0.2, 0) is 11.2 Å². The van der Waals surface area contributed by atoms with E-state index < -0.39 is 5.97 Å². The first-order chi connectivity index (χ1) is 7.15. The quantitative estimate of drug-likeness (QED) is 0.721. The summed E-state index contributed by atoms with van der Waals surface area (Å²) in [5.41, 5.74) is 5.46. The molecule has 0 aliphatic carbocycles. The van der Waals surface area contributed by atoms with Gasteiger partial charge in [0.2, 0.25) is 0 Å². The Balaban J connectivity index is 2.48. The van der Waals surface area contributed by atoms with Gasteiger partial charge in [0.25, 0.3) is 0 Å². The second-order valence-electron chi connectivity index (χ2n) is 2.99. The minimum Gasteiger partial charge on any atom is -0.476 e. The zero-order valence-electron chi connectivity index (χ0n) is 8.52. The van der Waals surface area contributed by atoms with Gasteiger partial charge in [-0.1, -0.05) is 6.92 Å². The second kappa shape index (κ2) is 5.67. The van der Waals surface area contributed by atoms with Crippen molar-refractivity contribution in [1.82, 2.24) is 4.98 Å². The zero-order valence-corrected chi connectivity index (χ0v) is 9.34. The van der Waals surface area contributed by atoms with E-state index in [2.05, 4.69) is 4.98 Å². The molecule has 3 N–H and O–H groups in total. The van der Waals surface area contributed by atoms with Gasteiger partial charge in [-0.25, -0.2) is 9.78 Å². The van der Waals surface area contributed by atoms with Crippen molar-refractivity contribution in [3.8, 4) is 0 Å². The van der Waals surface area contributed by atoms with E-state index in [4.69, 9.17) is 15.6 Å². The Bertz CT molecular complexity index is 338. The van der Waals surface area contributed by atoms with Crippen molar-refractivity contribution < 1.29 is 14.6 Å². The third kappa shape index (κ3) is 3.49. The van der Waals surface area contributed by atoms with Gasteiger partial charge in [0.15, 0.2) is 5.69 Å². The van der Waals surface area contributed by atoms with Crippen LogP contribution in [0.25, 0.3) is 0 Å². The molecule has 0 saturated carbocycles. The molecule has 0 aliphatic rings. The number of hydrogen-bond donors (Lipinski definition) is 2. The van der Waals surface area contributed by atoms with Crippen LogP contribution in [0.15, 0.2) is 0 Å². The Kier molecular flexibility index (Phi) is 4.51. The predicted molar refractivity (Wildman–Crippen MR) is 58.3 cm³/mol. The van der Waals surface area contributed by atoms with Gasteiger partial charge < -0.3 is 15.6 Å². The largest absolute Gasteiger partial charge is 0.476 e. The lowest BCUT2D eigenvalue weighted by atomic mass is 10.4. The molecule has 84 valence electrons. The van der Waals surface area contributed by atoms with E-state index in [0.717, 1.165) is 6.42 Å². The molecule has 0 radical (unpaired) electrons. The highest BCUT2D eigenvalue weighted by Crippen LogP contribution is 2.21. The van der Waals surface area contributed by atoms with E-state index in [0.29, 0.717) is 24.6 Å². The highest BCUT2D eigenvalue weighted by atomic mass is 32.1. The second-order valence-corrected chi connectivity index (χ2v) is 4.10. The van der Waals surface area contributed by atoms with Crippen molar-refractivity contribution >= 4 is 22.3 Å². The van der Waals surface area contributed by atoms with E-state index in [1.807, 2.05) is 6.92 Å². The van der Waals surface area contributed by atoms with E-state index >= 15 is 0 Å². The van der Waals surface area contributed by atoms with Crippen molar-refractivity contribution in [2.24, 2.45) is 0 Å². The zero-order chi connectivity index (χ0) is 11.3. The lowest BCUT2D eigenvalue weighted by molar-refractivity contribution is 0.0692. The van der Waals surface area contributed by atoms with Gasteiger partial charge in [-0.3, -0.25) is 0 Å². The maximum atomic E-state index is 10.6. The van der Waals surface area contributed by atoms with Gasteiger partial charge in [0.05, 0.1) is 11.6 Å². The fourth-order valence-electron chi connectivity index (χ4n) is 1.04. The van der Waals surface area contributed by atoms with E-state index in [1.54, 1.807) is 0 Å². The third-order valence-corrected chi connectivity index (χ3v) is 2.65. The van der Waals surface area contributed by atoms with Crippen molar-refractivity contribution in [2.45, 2.75) is 19.8 Å². The molecule has 0 aromatic carbocycles. The SMILES string of the molecule is CCCOCCc1nc(C(=O)O)c(N)s1. The molecule has 0 spiro atoms. The fraction of sp³-hybridized carbons (Fsp3) is 0.556. The third-order valence-electron chi connectivity index (χ3n) is 1.71. The summed E-state index contributed by atoms with van der Waals surface area (Å²) in [6.45, 7) is 3.30. The number of aromatic nitrogens is 1. The first-order valence-corrected chi connectivity index (χ1v) is 5.53. The maximum absolute atomic E-state index is 10.6. The Morgan fingerprint density at radius 3 is 2.87 bits per heavy atom. The summed E-state index contributed by atoms with van der Waals surface area (Å²) in [4.78, 5) is 14.6. The highest BCUT2D eigenvalue weighted by molar-refractivity contribution is 7.15. The fourth-order valence-corrected chi connectivity index (χ4v) is 1.85. The molecule has 1 aromatic rings. The van der Waals surface area contributed by atoms with Gasteiger partial charge in [-0.05, 0) is 6.42 Å². The van der Waals surface area contributed by atoms with Crippen LogP contribution in [0.4, 0.5) is 5.00 Å². The summed E-state index contributed by atoms with van der Waals surface area (Å²) >= 11 is 1.21. The number of thiazole rings is 1. The normalized spacial score (nSPS) is 10.5. The van der Waals surface area contributed by atoms with Gasteiger partial charge in [-0.2, -0.15) is 0 Å². The van der Waals surface area contributed by atoms with Crippen LogP contribution >= 0.6 is 11.3 Å². The predicted octanol–water partition coefficient (Wildman–Crippen LogP) is 1.39. The molecular weight excluding hydrogens is 216 g/mol. The van der Waals surface area contributed by atoms with Crippen LogP contribution in [0.1, 0.15) is 28.8 Å². The van der Waals surface area contributed by atoms with Gasteiger partial charge >= 0.3 is 5.97 Å². The standard InChI is InChI=1S/C9H14N2O3S/c1-2-4-14-5-3-6-11-7(9(12)13)8(10)15-6/h2-5,10H2,1H3,(H,12,13). The summed E-state index contributed by atoms with van der Waals surface area (Å²) in [6.07, 6.45) is 1.59. The molecule has 0 amide bonds. The van der Waals surface area contributed by atoms with Crippen LogP contribution in [0.5, 0.6) is 0 Å². The minimum absolute atomic E-state index is 0.0505. The van der Waals surface area contributed by atoms with E-state index in [9.17, 15) is 4.79 Å². The number of nitrogens with zero attached hydrogens (tertiary/aromatic N) is 1. The topological polar surface area (TPSA) is 85.4 Å². The lowest BCUT2D eigenvalue weighted by Crippen LogP contribution is -2.02. The highest BCUT2D eigenvalue weighted by Gasteiger charge is 2.14. The number of anilines is 1. The number of carboxylic acids is 1. The number of rotatable bonds is 6. The molecule has 1 rings (SSSR count). The molecule has 0 unspecified atom stereocenters. The monoisotopic (exact) mass is 230 g/mol. The molecule has 5 nitrogen and oxygen atoms in total. The number of nitrogens with two attached hydrogens (primary N) is 1. The molecule has 6 heteroatoms. The Hall–Kier alpha value is -1.14. The molecular formula is C9H14N2O3S. The molecule has 1 heterocycles. The number of nitrogen functional groups attached to an aromatic ring is 1. The Morgan fingerprint density at radius 1 is 1.60 bits per heavy atom. The smallest absolute Gasteiger partial charge is 0.357 e. The van der Waals surface area contributed by atoms with E-state index in [1.165, 1.54) is 11.3 Å². The molecule has 0 fully saturated rings. The molecule has 0 atom stereocenters. The van der Waals surface area contributed by atoms with Crippen molar-refractivity contribution in [2.75, 3.05) is 18.9 Å². The average molecular weight is 230 g/mol. The molecule has 1 aromatic heterocycles. The summed E-state index contributed by atoms with van der Waals surface area (Å²) in [7, 11) is 0. The molecule has 0 aliphatic heterocycles. The summed E-state index contributed by atoms with van der Waals surface area (Å²) in [5.74, 6) is -1.08. The molecule has 0 saturated heterocycles. The Labute approximate surface area is 91.9 Å². The maximum Gasteiger partial charge on any atom is 0.357 e. The van der Waals surface area contributed by atoms with Crippen molar-refractivity contribution in [3.63, 3.8) is 0 Å². The van der Waals surface area contributed by atoms with Gasteiger partial charge in [0, 0.05) is 13.0 Å². The molecule has 15 heavy (non-hydrogen) atoms. The number of ether oxygens (including phenoxy) is 1. The van der Waals surface area contributed by atoms with Crippen LogP contribution in [0, 0.1) is 0 Å². The molecule has 0 bridgehead atoms. The first kappa shape index (κ1) is 11.9. The summed E-state index contributed by atoms with van der Waals surface area (Å²) in [6, 6.07) is 0. The van der Waals surface area contributed by atoms with E-state index in [-0.39, 0.29) is 10.7 Å². The number of aromatic carboxylic acids is 1. The lowest BCUT2D eigenvalue weighted by Gasteiger charge is -1.98. The minimum atomic E-state index is -1.08. The van der Waals surface area contributed by atoms with Crippen molar-refractivity contribution in [3.05, 3.63) is 10.7 Å². The first-order valence-electron chi connectivity index (χ1n) is 4.71. The number of carbonyl (C=O) groups is 1. The Morgan fingerprint density at radius 2 is 2.33 bits per heavy atom. The van der Waals surface area contributed by atoms with Crippen LogP contribution < -0.4 is 5.73 Å². The van der Waals surface area contributed by atoms with Crippen LogP contribution in [-0.4, -0.2) is 29.3 Å². The van der Waals surface area contributed by atoms with Gasteiger partial charge in [0.1, 0.15) is 5.00 Å². The number of hydrogen-bond acceptors (Lipinski definition) is 5. The number of carboxylic acid groups (broad SMARTS) is 1.